The molecule has 1 amide bonds. The molecule has 2 N–H and O–H groups in total. The number of carboxylic acid groups (broad SMARTS) is 1. The number of carboxylic acids is 1. The molecule has 0 bridgehead atoms. The molecular formula is C15H25NO3. The first-order chi connectivity index (χ1) is 8.94. The Labute approximate surface area is 115 Å². The van der Waals surface area contributed by atoms with Gasteiger partial charge >= 0.3 is 5.97 Å². The molecular weight excluding hydrogens is 242 g/mol. The lowest BCUT2D eigenvalue weighted by Gasteiger charge is -2.16. The molecule has 2 aliphatic carbocycles. The largest absolute Gasteiger partial charge is 0.481 e. The molecule has 0 heterocycles. The van der Waals surface area contributed by atoms with Gasteiger partial charge in [0.2, 0.25) is 5.91 Å². The summed E-state index contributed by atoms with van der Waals surface area (Å²) in [5, 5.41) is 12.0. The summed E-state index contributed by atoms with van der Waals surface area (Å²) in [6.45, 7) is 4.29. The van der Waals surface area contributed by atoms with E-state index in [1.54, 1.807) is 0 Å². The van der Waals surface area contributed by atoms with Crippen LogP contribution in [0.2, 0.25) is 0 Å². The quantitative estimate of drug-likeness (QED) is 0.776. The van der Waals surface area contributed by atoms with E-state index < -0.39 is 11.9 Å². The number of hydrogen-bond acceptors (Lipinski definition) is 2. The third kappa shape index (κ3) is 3.28. The Hall–Kier alpha value is -1.06. The molecule has 2 fully saturated rings. The summed E-state index contributed by atoms with van der Waals surface area (Å²) >= 11 is 0. The zero-order chi connectivity index (χ0) is 14.0. The first kappa shape index (κ1) is 14.4. The number of hydrogen-bond donors (Lipinski definition) is 2. The molecule has 1 spiro atoms. The smallest absolute Gasteiger partial charge is 0.308 e. The van der Waals surface area contributed by atoms with Gasteiger partial charge in [-0.3, -0.25) is 9.59 Å². The minimum Gasteiger partial charge on any atom is -0.481 e. The monoisotopic (exact) mass is 267 g/mol. The molecule has 4 heteroatoms. The Kier molecular flexibility index (Phi) is 4.16. The molecule has 2 unspecified atom stereocenters. The van der Waals surface area contributed by atoms with E-state index in [4.69, 9.17) is 5.11 Å². The molecule has 0 radical (unpaired) electrons. The SMILES string of the molecule is CC(C)CC(CNC(=O)C1CC12CCCC2)C(=O)O. The third-order valence-electron chi connectivity index (χ3n) is 4.73. The highest BCUT2D eigenvalue weighted by molar-refractivity contribution is 5.83. The molecule has 19 heavy (non-hydrogen) atoms. The van der Waals surface area contributed by atoms with E-state index in [1.165, 1.54) is 25.7 Å². The Morgan fingerprint density at radius 3 is 2.47 bits per heavy atom. The minimum absolute atomic E-state index is 0.0805. The molecule has 0 saturated heterocycles. The van der Waals surface area contributed by atoms with Crippen molar-refractivity contribution in [3.8, 4) is 0 Å². The van der Waals surface area contributed by atoms with Gasteiger partial charge in [-0.1, -0.05) is 26.7 Å². The summed E-state index contributed by atoms with van der Waals surface area (Å²) in [5.41, 5.74) is 0.293. The summed E-state index contributed by atoms with van der Waals surface area (Å²) in [6.07, 6.45) is 6.48. The van der Waals surface area contributed by atoms with Gasteiger partial charge in [0.1, 0.15) is 0 Å². The highest BCUT2D eigenvalue weighted by atomic mass is 16.4. The zero-order valence-electron chi connectivity index (χ0n) is 11.9. The molecule has 0 aliphatic heterocycles. The van der Waals surface area contributed by atoms with E-state index in [0.29, 0.717) is 17.8 Å². The third-order valence-corrected chi connectivity index (χ3v) is 4.73. The predicted octanol–water partition coefficient (Wildman–Crippen LogP) is 2.43. The molecule has 2 saturated carbocycles. The average molecular weight is 267 g/mol. The number of carbonyl (C=O) groups excluding carboxylic acids is 1. The summed E-state index contributed by atoms with van der Waals surface area (Å²) in [4.78, 5) is 23.2. The predicted molar refractivity (Wildman–Crippen MR) is 72.6 cm³/mol. The molecule has 0 aromatic carbocycles. The average Bonchev–Trinajstić information content (AvgIpc) is 2.81. The zero-order valence-corrected chi connectivity index (χ0v) is 11.9. The Morgan fingerprint density at radius 2 is 1.95 bits per heavy atom. The normalized spacial score (nSPS) is 25.5. The highest BCUT2D eigenvalue weighted by Crippen LogP contribution is 2.62. The van der Waals surface area contributed by atoms with Crippen LogP contribution in [0.15, 0.2) is 0 Å². The van der Waals surface area contributed by atoms with Crippen LogP contribution in [-0.4, -0.2) is 23.5 Å². The summed E-state index contributed by atoms with van der Waals surface area (Å²) in [5.74, 6) is -0.692. The number of rotatable bonds is 6. The molecule has 4 nitrogen and oxygen atoms in total. The van der Waals surface area contributed by atoms with E-state index in [9.17, 15) is 9.59 Å². The first-order valence-electron chi connectivity index (χ1n) is 7.45. The Morgan fingerprint density at radius 1 is 1.32 bits per heavy atom. The molecule has 0 aromatic heterocycles. The number of nitrogens with one attached hydrogen (secondary N) is 1. The van der Waals surface area contributed by atoms with Crippen LogP contribution in [0.5, 0.6) is 0 Å². The van der Waals surface area contributed by atoms with Crippen molar-refractivity contribution in [2.75, 3.05) is 6.54 Å². The summed E-state index contributed by atoms with van der Waals surface area (Å²) in [6, 6.07) is 0. The molecule has 2 rings (SSSR count). The minimum atomic E-state index is -0.805. The van der Waals surface area contributed by atoms with Crippen LogP contribution in [0.1, 0.15) is 52.4 Å². The van der Waals surface area contributed by atoms with Crippen molar-refractivity contribution >= 4 is 11.9 Å². The second kappa shape index (κ2) is 5.51. The van der Waals surface area contributed by atoms with Gasteiger partial charge in [0, 0.05) is 12.5 Å². The van der Waals surface area contributed by atoms with Crippen LogP contribution >= 0.6 is 0 Å². The lowest BCUT2D eigenvalue weighted by molar-refractivity contribution is -0.142. The maximum Gasteiger partial charge on any atom is 0.308 e. The second-order valence-electron chi connectivity index (χ2n) is 6.74. The van der Waals surface area contributed by atoms with E-state index in [0.717, 1.165) is 6.42 Å². The van der Waals surface area contributed by atoms with Crippen LogP contribution < -0.4 is 5.32 Å². The van der Waals surface area contributed by atoms with Gasteiger partial charge in [-0.15, -0.1) is 0 Å². The van der Waals surface area contributed by atoms with Crippen molar-refractivity contribution in [3.63, 3.8) is 0 Å². The van der Waals surface area contributed by atoms with E-state index in [1.807, 2.05) is 13.8 Å². The van der Waals surface area contributed by atoms with E-state index in [2.05, 4.69) is 5.32 Å². The molecule has 2 aliphatic rings. The highest BCUT2D eigenvalue weighted by Gasteiger charge is 2.58. The van der Waals surface area contributed by atoms with Crippen molar-refractivity contribution in [3.05, 3.63) is 0 Å². The van der Waals surface area contributed by atoms with Crippen molar-refractivity contribution < 1.29 is 14.7 Å². The van der Waals surface area contributed by atoms with Crippen LogP contribution in [0.25, 0.3) is 0 Å². The summed E-state index contributed by atoms with van der Waals surface area (Å²) in [7, 11) is 0. The van der Waals surface area contributed by atoms with Gasteiger partial charge < -0.3 is 10.4 Å². The molecule has 108 valence electrons. The van der Waals surface area contributed by atoms with Crippen molar-refractivity contribution in [1.29, 1.82) is 0 Å². The van der Waals surface area contributed by atoms with Crippen LogP contribution in [0.3, 0.4) is 0 Å². The lowest BCUT2D eigenvalue weighted by Crippen LogP contribution is -2.35. The molecule has 2 atom stereocenters. The molecule has 0 aromatic rings. The van der Waals surface area contributed by atoms with E-state index in [-0.39, 0.29) is 18.4 Å². The van der Waals surface area contributed by atoms with Gasteiger partial charge in [0.25, 0.3) is 0 Å². The second-order valence-corrected chi connectivity index (χ2v) is 6.74. The maximum atomic E-state index is 12.1. The number of amides is 1. The van der Waals surface area contributed by atoms with Crippen molar-refractivity contribution in [2.24, 2.45) is 23.2 Å². The Bertz CT molecular complexity index is 358. The topological polar surface area (TPSA) is 66.4 Å². The summed E-state index contributed by atoms with van der Waals surface area (Å²) < 4.78 is 0. The van der Waals surface area contributed by atoms with Crippen molar-refractivity contribution in [1.82, 2.24) is 5.32 Å². The van der Waals surface area contributed by atoms with Gasteiger partial charge in [-0.2, -0.15) is 0 Å². The van der Waals surface area contributed by atoms with Gasteiger partial charge in [0.15, 0.2) is 0 Å². The van der Waals surface area contributed by atoms with Crippen LogP contribution in [0, 0.1) is 23.2 Å². The standard InChI is InChI=1S/C15H25NO3/c1-10(2)7-11(14(18)19)9-16-13(17)12-8-15(12)5-3-4-6-15/h10-12H,3-9H2,1-2H3,(H,16,17)(H,18,19). The van der Waals surface area contributed by atoms with Gasteiger partial charge in [0.05, 0.1) is 5.92 Å². The van der Waals surface area contributed by atoms with E-state index >= 15 is 0 Å². The first-order valence-corrected chi connectivity index (χ1v) is 7.45. The fourth-order valence-electron chi connectivity index (χ4n) is 3.54. The van der Waals surface area contributed by atoms with Gasteiger partial charge in [-0.25, -0.2) is 0 Å². The fraction of sp³-hybridized carbons (Fsp3) is 0.867. The van der Waals surface area contributed by atoms with Gasteiger partial charge in [-0.05, 0) is 37.0 Å². The number of aliphatic carboxylic acids is 1. The Balaban J connectivity index is 1.78. The fourth-order valence-corrected chi connectivity index (χ4v) is 3.54. The maximum absolute atomic E-state index is 12.1. The van der Waals surface area contributed by atoms with Crippen LogP contribution in [-0.2, 0) is 9.59 Å². The van der Waals surface area contributed by atoms with Crippen LogP contribution in [0.4, 0.5) is 0 Å². The lowest BCUT2D eigenvalue weighted by atomic mass is 9.97. The number of carbonyl (C=O) groups is 2. The van der Waals surface area contributed by atoms with Crippen molar-refractivity contribution in [2.45, 2.75) is 52.4 Å².